The van der Waals surface area contributed by atoms with E-state index in [2.05, 4.69) is 0 Å². The summed E-state index contributed by atoms with van der Waals surface area (Å²) < 4.78 is 0. The highest BCUT2D eigenvalue weighted by Crippen LogP contribution is 2.27. The number of aliphatic carboxylic acids is 1. The second-order valence-electron chi connectivity index (χ2n) is 4.24. The van der Waals surface area contributed by atoms with Crippen LogP contribution in [-0.4, -0.2) is 26.4 Å². The third kappa shape index (κ3) is 2.82. The van der Waals surface area contributed by atoms with Gasteiger partial charge in [-0.3, -0.25) is 0 Å². The maximum absolute atomic E-state index is 10.5. The monoisotopic (exact) mass is 240 g/mol. The molecular weight excluding hydrogens is 224 g/mol. The molecule has 1 unspecified atom stereocenters. The highest BCUT2D eigenvalue weighted by Gasteiger charge is 2.30. The van der Waals surface area contributed by atoms with Crippen LogP contribution >= 0.6 is 0 Å². The molecule has 1 atom stereocenters. The number of carbonyl (C=O) groups is 1. The van der Waals surface area contributed by atoms with Crippen molar-refractivity contribution >= 4 is 5.97 Å². The molecule has 0 aliphatic heterocycles. The highest BCUT2D eigenvalue weighted by atomic mass is 16.5. The number of hydrogen-bond acceptors (Lipinski definition) is 4. The van der Waals surface area contributed by atoms with Crippen molar-refractivity contribution in [3.8, 4) is 0 Å². The van der Waals surface area contributed by atoms with Gasteiger partial charge in [-0.25, -0.2) is 4.79 Å². The zero-order valence-corrected chi connectivity index (χ0v) is 9.66. The summed E-state index contributed by atoms with van der Waals surface area (Å²) in [6, 6.07) is 5.50. The van der Waals surface area contributed by atoms with Crippen molar-refractivity contribution in [1.82, 2.24) is 0 Å². The summed E-state index contributed by atoms with van der Waals surface area (Å²) in [5, 5.41) is 37.4. The van der Waals surface area contributed by atoms with E-state index >= 15 is 0 Å². The number of benzene rings is 1. The first-order valence-corrected chi connectivity index (χ1v) is 5.23. The van der Waals surface area contributed by atoms with Crippen LogP contribution in [0.15, 0.2) is 24.3 Å². The molecule has 0 aliphatic rings. The fourth-order valence-electron chi connectivity index (χ4n) is 1.39. The topological polar surface area (TPSA) is 98.0 Å². The van der Waals surface area contributed by atoms with Gasteiger partial charge in [-0.1, -0.05) is 38.1 Å². The molecule has 0 saturated heterocycles. The third-order valence-corrected chi connectivity index (χ3v) is 2.69. The van der Waals surface area contributed by atoms with Crippen LogP contribution in [0.5, 0.6) is 0 Å². The van der Waals surface area contributed by atoms with E-state index in [0.29, 0.717) is 0 Å². The Morgan fingerprint density at radius 2 is 1.65 bits per heavy atom. The smallest absolute Gasteiger partial charge is 0.337 e. The quantitative estimate of drug-likeness (QED) is 0.578. The molecule has 0 spiro atoms. The molecule has 0 radical (unpaired) electrons. The molecule has 5 heteroatoms. The minimum Gasteiger partial charge on any atom is -0.479 e. The summed E-state index contributed by atoms with van der Waals surface area (Å²) >= 11 is 0. The summed E-state index contributed by atoms with van der Waals surface area (Å²) in [7, 11) is 0. The molecule has 0 heterocycles. The second kappa shape index (κ2) is 4.83. The maximum Gasteiger partial charge on any atom is 0.337 e. The first kappa shape index (κ1) is 13.6. The predicted octanol–water partition coefficient (Wildman–Crippen LogP) is 0.598. The van der Waals surface area contributed by atoms with E-state index in [1.165, 1.54) is 24.3 Å². The molecule has 0 aromatic heterocycles. The van der Waals surface area contributed by atoms with Crippen LogP contribution in [0.25, 0.3) is 0 Å². The fourth-order valence-corrected chi connectivity index (χ4v) is 1.39. The van der Waals surface area contributed by atoms with E-state index in [1.54, 1.807) is 13.8 Å². The van der Waals surface area contributed by atoms with Gasteiger partial charge >= 0.3 is 5.97 Å². The standard InChI is InChI=1S/C12H16O5/c1-7(2)12(16,17)9-5-3-8(4-6-9)10(13)11(14)15/h3-7,10,13,16-17H,1-2H3,(H,14,15). The highest BCUT2D eigenvalue weighted by molar-refractivity contribution is 5.73. The zero-order valence-electron chi connectivity index (χ0n) is 9.66. The van der Waals surface area contributed by atoms with E-state index in [1.807, 2.05) is 0 Å². The van der Waals surface area contributed by atoms with Crippen molar-refractivity contribution in [2.45, 2.75) is 25.7 Å². The Hall–Kier alpha value is -1.43. The number of carboxylic acid groups (broad SMARTS) is 1. The molecule has 1 aromatic carbocycles. The predicted molar refractivity (Wildman–Crippen MR) is 60.0 cm³/mol. The number of aliphatic hydroxyl groups is 3. The Kier molecular flexibility index (Phi) is 3.87. The number of hydrogen-bond donors (Lipinski definition) is 4. The molecule has 4 N–H and O–H groups in total. The van der Waals surface area contributed by atoms with Gasteiger partial charge in [0, 0.05) is 11.5 Å². The molecule has 0 aliphatic carbocycles. The van der Waals surface area contributed by atoms with Crippen LogP contribution in [0.1, 0.15) is 31.1 Å². The van der Waals surface area contributed by atoms with E-state index in [4.69, 9.17) is 5.11 Å². The Labute approximate surface area is 99.0 Å². The van der Waals surface area contributed by atoms with Crippen LogP contribution in [-0.2, 0) is 10.6 Å². The van der Waals surface area contributed by atoms with Crippen LogP contribution in [0.2, 0.25) is 0 Å². The van der Waals surface area contributed by atoms with Crippen molar-refractivity contribution in [1.29, 1.82) is 0 Å². The van der Waals surface area contributed by atoms with Crippen molar-refractivity contribution in [2.24, 2.45) is 5.92 Å². The van der Waals surface area contributed by atoms with E-state index in [0.717, 1.165) is 0 Å². The lowest BCUT2D eigenvalue weighted by Crippen LogP contribution is -2.31. The van der Waals surface area contributed by atoms with E-state index < -0.39 is 23.8 Å². The average Bonchev–Trinajstić information content (AvgIpc) is 2.27. The van der Waals surface area contributed by atoms with Gasteiger partial charge in [0.25, 0.3) is 0 Å². The summed E-state index contributed by atoms with van der Waals surface area (Å²) in [6.45, 7) is 3.31. The van der Waals surface area contributed by atoms with E-state index in [9.17, 15) is 20.1 Å². The van der Waals surface area contributed by atoms with Gasteiger partial charge < -0.3 is 20.4 Å². The summed E-state index contributed by atoms with van der Waals surface area (Å²) in [5.41, 5.74) is 0.453. The molecule has 0 saturated carbocycles. The zero-order chi connectivity index (χ0) is 13.2. The Balaban J connectivity index is 3.00. The fraction of sp³-hybridized carbons (Fsp3) is 0.417. The lowest BCUT2D eigenvalue weighted by Gasteiger charge is -2.26. The third-order valence-electron chi connectivity index (χ3n) is 2.69. The molecule has 0 amide bonds. The van der Waals surface area contributed by atoms with Crippen LogP contribution in [0.4, 0.5) is 0 Å². The van der Waals surface area contributed by atoms with Crippen molar-refractivity contribution in [2.75, 3.05) is 0 Å². The largest absolute Gasteiger partial charge is 0.479 e. The minimum absolute atomic E-state index is 0.195. The van der Waals surface area contributed by atoms with Gasteiger partial charge in [-0.2, -0.15) is 0 Å². The molecule has 1 rings (SSSR count). The summed E-state index contributed by atoms with van der Waals surface area (Å²) in [4.78, 5) is 10.5. The maximum atomic E-state index is 10.5. The number of aliphatic hydroxyl groups excluding tert-OH is 1. The molecule has 0 bridgehead atoms. The SMILES string of the molecule is CC(C)C(O)(O)c1ccc(C(O)C(=O)O)cc1. The number of rotatable bonds is 4. The van der Waals surface area contributed by atoms with Gasteiger partial charge in [0.15, 0.2) is 11.9 Å². The van der Waals surface area contributed by atoms with Gasteiger partial charge in [0.05, 0.1) is 0 Å². The molecule has 1 aromatic rings. The van der Waals surface area contributed by atoms with Gasteiger partial charge in [0.2, 0.25) is 0 Å². The van der Waals surface area contributed by atoms with Gasteiger partial charge in [-0.05, 0) is 5.56 Å². The average molecular weight is 240 g/mol. The van der Waals surface area contributed by atoms with E-state index in [-0.39, 0.29) is 11.1 Å². The first-order chi connectivity index (χ1) is 7.76. The van der Waals surface area contributed by atoms with Crippen molar-refractivity contribution in [3.05, 3.63) is 35.4 Å². The first-order valence-electron chi connectivity index (χ1n) is 5.23. The van der Waals surface area contributed by atoms with Crippen molar-refractivity contribution < 1.29 is 25.2 Å². The van der Waals surface area contributed by atoms with Crippen LogP contribution < -0.4 is 0 Å². The Morgan fingerprint density at radius 3 is 2.00 bits per heavy atom. The van der Waals surface area contributed by atoms with Gasteiger partial charge in [0.1, 0.15) is 0 Å². The Bertz CT molecular complexity index is 394. The van der Waals surface area contributed by atoms with Crippen LogP contribution in [0.3, 0.4) is 0 Å². The molecule has 17 heavy (non-hydrogen) atoms. The lowest BCUT2D eigenvalue weighted by atomic mass is 9.93. The summed E-state index contributed by atoms with van der Waals surface area (Å²) in [5.74, 6) is -3.72. The molecule has 0 fully saturated rings. The van der Waals surface area contributed by atoms with Crippen molar-refractivity contribution in [3.63, 3.8) is 0 Å². The second-order valence-corrected chi connectivity index (χ2v) is 4.24. The van der Waals surface area contributed by atoms with Crippen LogP contribution in [0, 0.1) is 5.92 Å². The minimum atomic E-state index is -1.97. The molecule has 5 nitrogen and oxygen atoms in total. The normalized spacial score (nSPS) is 13.8. The van der Waals surface area contributed by atoms with Gasteiger partial charge in [-0.15, -0.1) is 0 Å². The molecule has 94 valence electrons. The Morgan fingerprint density at radius 1 is 1.18 bits per heavy atom. The lowest BCUT2D eigenvalue weighted by molar-refractivity contribution is -0.201. The summed E-state index contributed by atoms with van der Waals surface area (Å²) in [6.07, 6.45) is -1.60. The molecular formula is C12H16O5. The number of carboxylic acids is 1.